The van der Waals surface area contributed by atoms with E-state index < -0.39 is 0 Å². The van der Waals surface area contributed by atoms with Crippen LogP contribution < -0.4 is 5.43 Å². The maximum atomic E-state index is 4.32. The van der Waals surface area contributed by atoms with Crippen molar-refractivity contribution >= 4 is 5.71 Å². The van der Waals surface area contributed by atoms with Crippen molar-refractivity contribution < 1.29 is 0 Å². The second kappa shape index (κ2) is 4.99. The molecule has 90 valence electrons. The summed E-state index contributed by atoms with van der Waals surface area (Å²) in [5.74, 6) is 0.865. The zero-order chi connectivity index (χ0) is 12.3. The Morgan fingerprint density at radius 1 is 1.53 bits per heavy atom. The van der Waals surface area contributed by atoms with Crippen LogP contribution in [0.1, 0.15) is 24.6 Å². The highest BCUT2D eigenvalue weighted by atomic mass is 15.4. The third-order valence-corrected chi connectivity index (χ3v) is 2.94. The van der Waals surface area contributed by atoms with Crippen LogP contribution in [0.2, 0.25) is 0 Å². The molecule has 0 atom stereocenters. The molecule has 4 nitrogen and oxygen atoms in total. The lowest BCUT2D eigenvalue weighted by atomic mass is 10.1. The van der Waals surface area contributed by atoms with Crippen LogP contribution in [0.15, 0.2) is 35.8 Å². The van der Waals surface area contributed by atoms with Gasteiger partial charge in [-0.25, -0.2) is 0 Å². The fraction of sp³-hybridized carbons (Fsp3) is 0.385. The number of nitrogens with zero attached hydrogens (tertiary/aromatic N) is 3. The van der Waals surface area contributed by atoms with Gasteiger partial charge in [-0.3, -0.25) is 10.4 Å². The molecule has 1 fully saturated rings. The van der Waals surface area contributed by atoms with Crippen molar-refractivity contribution in [3.63, 3.8) is 0 Å². The molecule has 1 aromatic heterocycles. The van der Waals surface area contributed by atoms with Gasteiger partial charge in [0.2, 0.25) is 0 Å². The maximum absolute atomic E-state index is 4.32. The predicted molar refractivity (Wildman–Crippen MR) is 69.7 cm³/mol. The number of likely N-dealkylation sites (tertiary alicyclic amines) is 1. The standard InChI is InChI=1S/C13H18N4/c1-10-6-4-7-14-13(10)11(2)15-16-12(3)17-8-5-9-17/h4,6-7,16H,3,5,8-9H2,1-2H3/b15-11+. The van der Waals surface area contributed by atoms with Gasteiger partial charge >= 0.3 is 0 Å². The topological polar surface area (TPSA) is 40.5 Å². The van der Waals surface area contributed by atoms with Crippen LogP contribution in [-0.4, -0.2) is 28.7 Å². The van der Waals surface area contributed by atoms with E-state index in [0.717, 1.165) is 35.9 Å². The first-order valence-corrected chi connectivity index (χ1v) is 5.84. The lowest BCUT2D eigenvalue weighted by molar-refractivity contribution is 0.224. The number of aryl methyl sites for hydroxylation is 1. The molecule has 0 unspecified atom stereocenters. The highest BCUT2D eigenvalue weighted by Gasteiger charge is 2.14. The summed E-state index contributed by atoms with van der Waals surface area (Å²) in [5, 5.41) is 4.32. The largest absolute Gasteiger partial charge is 0.357 e. The Kier molecular flexibility index (Phi) is 3.42. The number of hydrogen-bond donors (Lipinski definition) is 1. The lowest BCUT2D eigenvalue weighted by Crippen LogP contribution is -2.39. The van der Waals surface area contributed by atoms with E-state index in [0.29, 0.717) is 0 Å². The quantitative estimate of drug-likeness (QED) is 0.634. The molecule has 0 spiro atoms. The SMILES string of the molecule is C=C(N/N=C(\C)c1ncccc1C)N1CCC1. The van der Waals surface area contributed by atoms with E-state index >= 15 is 0 Å². The van der Waals surface area contributed by atoms with E-state index in [4.69, 9.17) is 0 Å². The van der Waals surface area contributed by atoms with Crippen LogP contribution >= 0.6 is 0 Å². The Bertz CT molecular complexity index is 446. The third-order valence-electron chi connectivity index (χ3n) is 2.94. The molecule has 2 rings (SSSR count). The third kappa shape index (κ3) is 2.64. The highest BCUT2D eigenvalue weighted by molar-refractivity contribution is 5.97. The van der Waals surface area contributed by atoms with Gasteiger partial charge in [0.25, 0.3) is 0 Å². The van der Waals surface area contributed by atoms with Gasteiger partial charge in [-0.15, -0.1) is 0 Å². The van der Waals surface area contributed by atoms with Crippen LogP contribution in [0, 0.1) is 6.92 Å². The second-order valence-corrected chi connectivity index (χ2v) is 4.27. The summed E-state index contributed by atoms with van der Waals surface area (Å²) >= 11 is 0. The van der Waals surface area contributed by atoms with E-state index in [-0.39, 0.29) is 0 Å². The molecular weight excluding hydrogens is 212 g/mol. The average Bonchev–Trinajstić information content (AvgIpc) is 2.24. The summed E-state index contributed by atoms with van der Waals surface area (Å²) in [5.41, 5.74) is 5.93. The fourth-order valence-electron chi connectivity index (χ4n) is 1.72. The van der Waals surface area contributed by atoms with E-state index in [9.17, 15) is 0 Å². The van der Waals surface area contributed by atoms with Crippen molar-refractivity contribution in [1.82, 2.24) is 15.3 Å². The Balaban J connectivity index is 2.01. The van der Waals surface area contributed by atoms with Crippen LogP contribution in [0.25, 0.3) is 0 Å². The molecule has 2 heterocycles. The minimum Gasteiger partial charge on any atom is -0.357 e. The van der Waals surface area contributed by atoms with E-state index in [1.807, 2.05) is 26.0 Å². The number of aromatic nitrogens is 1. The fourth-order valence-corrected chi connectivity index (χ4v) is 1.72. The number of pyridine rings is 1. The van der Waals surface area contributed by atoms with Gasteiger partial charge in [0, 0.05) is 19.3 Å². The normalized spacial score (nSPS) is 15.4. The summed E-state index contributed by atoms with van der Waals surface area (Å²) in [7, 11) is 0. The van der Waals surface area contributed by atoms with Crippen LogP contribution in [0.3, 0.4) is 0 Å². The minimum absolute atomic E-state index is 0.865. The van der Waals surface area contributed by atoms with E-state index in [1.165, 1.54) is 6.42 Å². The van der Waals surface area contributed by atoms with Gasteiger partial charge < -0.3 is 4.90 Å². The van der Waals surface area contributed by atoms with Crippen molar-refractivity contribution in [2.45, 2.75) is 20.3 Å². The molecule has 1 N–H and O–H groups in total. The molecule has 4 heteroatoms. The summed E-state index contributed by atoms with van der Waals surface area (Å²) in [6.07, 6.45) is 3.02. The minimum atomic E-state index is 0.865. The molecular formula is C13H18N4. The first-order chi connectivity index (χ1) is 8.18. The van der Waals surface area contributed by atoms with E-state index in [2.05, 4.69) is 27.0 Å². The first kappa shape index (κ1) is 11.6. The molecule has 0 radical (unpaired) electrons. The zero-order valence-corrected chi connectivity index (χ0v) is 10.4. The lowest BCUT2D eigenvalue weighted by Gasteiger charge is -2.33. The average molecular weight is 230 g/mol. The van der Waals surface area contributed by atoms with Crippen molar-refractivity contribution in [3.8, 4) is 0 Å². The molecule has 0 amide bonds. The van der Waals surface area contributed by atoms with Gasteiger partial charge in [0.15, 0.2) is 0 Å². The van der Waals surface area contributed by atoms with Crippen molar-refractivity contribution in [2.24, 2.45) is 5.10 Å². The number of hydrazone groups is 1. The van der Waals surface area contributed by atoms with Gasteiger partial charge in [0.05, 0.1) is 11.4 Å². The molecule has 1 aliphatic heterocycles. The Morgan fingerprint density at radius 3 is 2.88 bits per heavy atom. The summed E-state index contributed by atoms with van der Waals surface area (Å²) in [6.45, 7) is 10.1. The van der Waals surface area contributed by atoms with Crippen LogP contribution in [-0.2, 0) is 0 Å². The van der Waals surface area contributed by atoms with Gasteiger partial charge in [-0.2, -0.15) is 5.10 Å². The molecule has 1 aromatic rings. The summed E-state index contributed by atoms with van der Waals surface area (Å²) < 4.78 is 0. The summed E-state index contributed by atoms with van der Waals surface area (Å²) in [4.78, 5) is 6.49. The molecule has 1 aliphatic rings. The monoisotopic (exact) mass is 230 g/mol. The molecule has 17 heavy (non-hydrogen) atoms. The number of hydrogen-bond acceptors (Lipinski definition) is 4. The second-order valence-electron chi connectivity index (χ2n) is 4.27. The molecule has 0 bridgehead atoms. The van der Waals surface area contributed by atoms with Crippen molar-refractivity contribution in [3.05, 3.63) is 42.0 Å². The van der Waals surface area contributed by atoms with Gasteiger partial charge in [0.1, 0.15) is 5.82 Å². The maximum Gasteiger partial charge on any atom is 0.115 e. The predicted octanol–water partition coefficient (Wildman–Crippen LogP) is 1.88. The van der Waals surface area contributed by atoms with Crippen LogP contribution in [0.4, 0.5) is 0 Å². The Labute approximate surface area is 102 Å². The molecule has 0 aromatic carbocycles. The molecule has 0 saturated carbocycles. The Morgan fingerprint density at radius 2 is 2.29 bits per heavy atom. The van der Waals surface area contributed by atoms with Crippen LogP contribution in [0.5, 0.6) is 0 Å². The Hall–Kier alpha value is -1.84. The zero-order valence-electron chi connectivity index (χ0n) is 10.4. The van der Waals surface area contributed by atoms with Crippen molar-refractivity contribution in [2.75, 3.05) is 13.1 Å². The summed E-state index contributed by atoms with van der Waals surface area (Å²) in [6, 6.07) is 3.96. The molecule has 0 aliphatic carbocycles. The van der Waals surface area contributed by atoms with Gasteiger partial charge in [-0.05, 0) is 31.9 Å². The molecule has 1 saturated heterocycles. The number of rotatable bonds is 4. The highest BCUT2D eigenvalue weighted by Crippen LogP contribution is 2.10. The van der Waals surface area contributed by atoms with Gasteiger partial charge in [-0.1, -0.05) is 12.6 Å². The van der Waals surface area contributed by atoms with Crippen molar-refractivity contribution in [1.29, 1.82) is 0 Å². The smallest absolute Gasteiger partial charge is 0.115 e. The van der Waals surface area contributed by atoms with E-state index in [1.54, 1.807) is 6.20 Å². The number of nitrogens with one attached hydrogen (secondary N) is 1. The first-order valence-electron chi connectivity index (χ1n) is 5.84.